The second-order valence-corrected chi connectivity index (χ2v) is 5.81. The van der Waals surface area contributed by atoms with Gasteiger partial charge in [-0.25, -0.2) is 9.18 Å². The summed E-state index contributed by atoms with van der Waals surface area (Å²) in [4.78, 5) is 24.8. The highest BCUT2D eigenvalue weighted by molar-refractivity contribution is 6.03. The van der Waals surface area contributed by atoms with Gasteiger partial charge in [-0.3, -0.25) is 4.79 Å². The molecule has 0 fully saturated rings. The van der Waals surface area contributed by atoms with Crippen LogP contribution in [0.1, 0.15) is 37.7 Å². The Labute approximate surface area is 134 Å². The number of dihydropyridines is 1. The standard InChI is InChI=1S/C18H18FNO3/c1-10-15(18(22)23-2)16(11-6-8-12(19)9-7-11)17-13(20-10)4-3-5-14(17)21/h6-9,16,20H,3-5H2,1-2H3/t16-/m0/s1. The highest BCUT2D eigenvalue weighted by Gasteiger charge is 2.38. The van der Waals surface area contributed by atoms with Crippen LogP contribution in [0.25, 0.3) is 0 Å². The summed E-state index contributed by atoms with van der Waals surface area (Å²) >= 11 is 0. The molecule has 1 aromatic rings. The van der Waals surface area contributed by atoms with Gasteiger partial charge in [0.15, 0.2) is 5.78 Å². The number of esters is 1. The number of halogens is 1. The van der Waals surface area contributed by atoms with Crippen molar-refractivity contribution in [3.05, 3.63) is 58.2 Å². The smallest absolute Gasteiger partial charge is 0.336 e. The summed E-state index contributed by atoms with van der Waals surface area (Å²) in [6.07, 6.45) is 2.03. The normalized spacial score (nSPS) is 21.0. The quantitative estimate of drug-likeness (QED) is 0.853. The molecular formula is C18H18FNO3. The lowest BCUT2D eigenvalue weighted by molar-refractivity contribution is -0.136. The average molecular weight is 315 g/mol. The highest BCUT2D eigenvalue weighted by Crippen LogP contribution is 2.42. The van der Waals surface area contributed by atoms with E-state index in [1.165, 1.54) is 19.2 Å². The third-order valence-electron chi connectivity index (χ3n) is 4.38. The number of hydrogen-bond donors (Lipinski definition) is 1. The van der Waals surface area contributed by atoms with Crippen molar-refractivity contribution >= 4 is 11.8 Å². The van der Waals surface area contributed by atoms with Crippen LogP contribution in [0, 0.1) is 5.82 Å². The molecule has 4 nitrogen and oxygen atoms in total. The van der Waals surface area contributed by atoms with Crippen LogP contribution in [-0.4, -0.2) is 18.9 Å². The number of nitrogens with one attached hydrogen (secondary N) is 1. The van der Waals surface area contributed by atoms with Crippen molar-refractivity contribution < 1.29 is 18.7 Å². The molecule has 0 bridgehead atoms. The summed E-state index contributed by atoms with van der Waals surface area (Å²) in [5, 5.41) is 3.19. The number of hydrogen-bond acceptors (Lipinski definition) is 4. The Kier molecular flexibility index (Phi) is 4.03. The first-order chi connectivity index (χ1) is 11.0. The second kappa shape index (κ2) is 5.99. The van der Waals surface area contributed by atoms with Crippen LogP contribution in [0.2, 0.25) is 0 Å². The predicted molar refractivity (Wildman–Crippen MR) is 82.9 cm³/mol. The molecule has 0 spiro atoms. The number of allylic oxidation sites excluding steroid dienone is 3. The van der Waals surface area contributed by atoms with E-state index in [-0.39, 0.29) is 11.6 Å². The molecule has 0 saturated heterocycles. The molecular weight excluding hydrogens is 297 g/mol. The number of rotatable bonds is 2. The first-order valence-electron chi connectivity index (χ1n) is 7.60. The molecule has 23 heavy (non-hydrogen) atoms. The lowest BCUT2D eigenvalue weighted by Gasteiger charge is -2.34. The SMILES string of the molecule is COC(=O)C1=C(C)NC2=C(C(=O)CCC2)[C@H]1c1ccc(F)cc1. The summed E-state index contributed by atoms with van der Waals surface area (Å²) in [7, 11) is 1.32. The maximum atomic E-state index is 13.3. The Hall–Kier alpha value is -2.43. The topological polar surface area (TPSA) is 55.4 Å². The summed E-state index contributed by atoms with van der Waals surface area (Å²) in [6.45, 7) is 1.80. The number of ketones is 1. The minimum atomic E-state index is -0.507. The molecule has 1 aliphatic carbocycles. The number of methoxy groups -OCH3 is 1. The molecule has 2 aliphatic rings. The van der Waals surface area contributed by atoms with Crippen molar-refractivity contribution in [3.63, 3.8) is 0 Å². The van der Waals surface area contributed by atoms with Gasteiger partial charge in [-0.05, 0) is 37.5 Å². The molecule has 3 rings (SSSR count). The summed E-state index contributed by atoms with van der Waals surface area (Å²) in [5.41, 5.74) is 3.28. The first kappa shape index (κ1) is 15.5. The van der Waals surface area contributed by atoms with E-state index in [1.54, 1.807) is 19.1 Å². The van der Waals surface area contributed by atoms with E-state index in [4.69, 9.17) is 4.74 Å². The van der Waals surface area contributed by atoms with E-state index < -0.39 is 11.9 Å². The third-order valence-corrected chi connectivity index (χ3v) is 4.38. The number of carbonyl (C=O) groups is 2. The maximum Gasteiger partial charge on any atom is 0.336 e. The Morgan fingerprint density at radius 2 is 1.96 bits per heavy atom. The fourth-order valence-electron chi connectivity index (χ4n) is 3.35. The first-order valence-corrected chi connectivity index (χ1v) is 7.60. The van der Waals surface area contributed by atoms with Crippen LogP contribution in [0.15, 0.2) is 46.8 Å². The average Bonchev–Trinajstić information content (AvgIpc) is 2.54. The van der Waals surface area contributed by atoms with Crippen LogP contribution in [0.3, 0.4) is 0 Å². The van der Waals surface area contributed by atoms with E-state index in [9.17, 15) is 14.0 Å². The Morgan fingerprint density at radius 1 is 1.26 bits per heavy atom. The Bertz CT molecular complexity index is 731. The number of benzene rings is 1. The fraction of sp³-hybridized carbons (Fsp3) is 0.333. The van der Waals surface area contributed by atoms with Gasteiger partial charge in [0.25, 0.3) is 0 Å². The molecule has 0 amide bonds. The zero-order valence-electron chi connectivity index (χ0n) is 13.1. The van der Waals surface area contributed by atoms with Crippen LogP contribution < -0.4 is 5.32 Å². The van der Waals surface area contributed by atoms with Gasteiger partial charge in [-0.15, -0.1) is 0 Å². The summed E-state index contributed by atoms with van der Waals surface area (Å²) < 4.78 is 18.2. The minimum absolute atomic E-state index is 0.0296. The van der Waals surface area contributed by atoms with Crippen LogP contribution in [0.4, 0.5) is 4.39 Å². The molecule has 0 unspecified atom stereocenters. The number of ether oxygens (including phenoxy) is 1. The summed E-state index contributed by atoms with van der Waals surface area (Å²) in [6, 6.07) is 5.92. The monoisotopic (exact) mass is 315 g/mol. The molecule has 5 heteroatoms. The predicted octanol–water partition coefficient (Wildman–Crippen LogP) is 2.97. The summed E-state index contributed by atoms with van der Waals surface area (Å²) in [5.74, 6) is -1.31. The molecule has 1 aromatic carbocycles. The zero-order chi connectivity index (χ0) is 16.6. The Balaban J connectivity index is 2.18. The maximum absolute atomic E-state index is 13.3. The highest BCUT2D eigenvalue weighted by atomic mass is 19.1. The van der Waals surface area contributed by atoms with Crippen molar-refractivity contribution in [2.45, 2.75) is 32.1 Å². The Morgan fingerprint density at radius 3 is 2.61 bits per heavy atom. The van der Waals surface area contributed by atoms with Gasteiger partial charge >= 0.3 is 5.97 Å². The number of carbonyl (C=O) groups excluding carboxylic acids is 2. The molecule has 0 aromatic heterocycles. The van der Waals surface area contributed by atoms with E-state index in [0.717, 1.165) is 24.1 Å². The van der Waals surface area contributed by atoms with Gasteiger partial charge in [0.1, 0.15) is 5.82 Å². The van der Waals surface area contributed by atoms with Crippen molar-refractivity contribution in [3.8, 4) is 0 Å². The van der Waals surface area contributed by atoms with Gasteiger partial charge in [-0.1, -0.05) is 12.1 Å². The van der Waals surface area contributed by atoms with E-state index >= 15 is 0 Å². The van der Waals surface area contributed by atoms with Gasteiger partial charge in [0.05, 0.1) is 12.7 Å². The molecule has 0 radical (unpaired) electrons. The molecule has 1 N–H and O–H groups in total. The van der Waals surface area contributed by atoms with Crippen LogP contribution in [0.5, 0.6) is 0 Å². The van der Waals surface area contributed by atoms with E-state index in [2.05, 4.69) is 5.32 Å². The molecule has 120 valence electrons. The van der Waals surface area contributed by atoms with Gasteiger partial charge in [0.2, 0.25) is 0 Å². The molecule has 1 aliphatic heterocycles. The fourth-order valence-corrected chi connectivity index (χ4v) is 3.35. The molecule has 1 heterocycles. The van der Waals surface area contributed by atoms with E-state index in [0.29, 0.717) is 23.3 Å². The zero-order valence-corrected chi connectivity index (χ0v) is 13.1. The van der Waals surface area contributed by atoms with Crippen molar-refractivity contribution in [2.24, 2.45) is 0 Å². The molecule has 0 saturated carbocycles. The lowest BCUT2D eigenvalue weighted by atomic mass is 9.75. The van der Waals surface area contributed by atoms with Crippen molar-refractivity contribution in [1.29, 1.82) is 0 Å². The van der Waals surface area contributed by atoms with Crippen LogP contribution in [-0.2, 0) is 14.3 Å². The largest absolute Gasteiger partial charge is 0.466 e. The number of Topliss-reactive ketones (excluding diaryl/α,β-unsaturated/α-hetero) is 1. The van der Waals surface area contributed by atoms with Gasteiger partial charge < -0.3 is 10.1 Å². The van der Waals surface area contributed by atoms with E-state index in [1.807, 2.05) is 0 Å². The van der Waals surface area contributed by atoms with Crippen molar-refractivity contribution in [2.75, 3.05) is 7.11 Å². The molecule has 1 atom stereocenters. The van der Waals surface area contributed by atoms with Crippen molar-refractivity contribution in [1.82, 2.24) is 5.32 Å². The van der Waals surface area contributed by atoms with Gasteiger partial charge in [-0.2, -0.15) is 0 Å². The lowest BCUT2D eigenvalue weighted by Crippen LogP contribution is -2.34. The minimum Gasteiger partial charge on any atom is -0.466 e. The van der Waals surface area contributed by atoms with Crippen LogP contribution >= 0.6 is 0 Å². The second-order valence-electron chi connectivity index (χ2n) is 5.81. The van der Waals surface area contributed by atoms with Gasteiger partial charge in [0, 0.05) is 29.3 Å². The third kappa shape index (κ3) is 2.67.